The zero-order valence-corrected chi connectivity index (χ0v) is 11.4. The van der Waals surface area contributed by atoms with E-state index in [0.29, 0.717) is 31.9 Å². The fraction of sp³-hybridized carbons (Fsp3) is 0.429. The summed E-state index contributed by atoms with van der Waals surface area (Å²) >= 11 is 0. The molecule has 1 N–H and O–H groups in total. The number of hydrogen-bond donors (Lipinski definition) is 1. The average Bonchev–Trinajstić information content (AvgIpc) is 2.53. The molecule has 2 rings (SSSR count). The monoisotopic (exact) mass is 278 g/mol. The maximum Gasteiger partial charge on any atom is 0.325 e. The number of esters is 1. The van der Waals surface area contributed by atoms with E-state index in [1.165, 1.54) is 7.11 Å². The molecule has 0 saturated carbocycles. The maximum atomic E-state index is 12.3. The van der Waals surface area contributed by atoms with Crippen LogP contribution in [0.2, 0.25) is 0 Å². The first-order chi connectivity index (χ1) is 9.70. The van der Waals surface area contributed by atoms with Gasteiger partial charge in [0.1, 0.15) is 6.54 Å². The first-order valence-corrected chi connectivity index (χ1v) is 6.48. The third-order valence-corrected chi connectivity index (χ3v) is 3.07. The Morgan fingerprint density at radius 2 is 2.10 bits per heavy atom. The molecule has 0 radical (unpaired) electrons. The van der Waals surface area contributed by atoms with E-state index in [0.717, 1.165) is 5.69 Å². The van der Waals surface area contributed by atoms with E-state index >= 15 is 0 Å². The van der Waals surface area contributed by atoms with Crippen molar-refractivity contribution in [2.24, 2.45) is 0 Å². The number of amides is 1. The molecule has 0 aromatic heterocycles. The van der Waals surface area contributed by atoms with Crippen LogP contribution in [0.5, 0.6) is 0 Å². The van der Waals surface area contributed by atoms with Crippen molar-refractivity contribution in [1.82, 2.24) is 4.90 Å². The summed E-state index contributed by atoms with van der Waals surface area (Å²) < 4.78 is 9.78. The highest BCUT2D eigenvalue weighted by atomic mass is 16.5. The minimum Gasteiger partial charge on any atom is -0.468 e. The second kappa shape index (κ2) is 6.91. The highest BCUT2D eigenvalue weighted by molar-refractivity contribution is 5.95. The molecular formula is C14H18N2O4. The molecule has 1 aliphatic heterocycles. The lowest BCUT2D eigenvalue weighted by Crippen LogP contribution is -2.40. The van der Waals surface area contributed by atoms with Crippen LogP contribution in [-0.2, 0) is 14.3 Å². The molecule has 0 atom stereocenters. The summed E-state index contributed by atoms with van der Waals surface area (Å²) in [5.74, 6) is -0.370. The zero-order chi connectivity index (χ0) is 14.4. The van der Waals surface area contributed by atoms with E-state index in [-0.39, 0.29) is 18.4 Å². The van der Waals surface area contributed by atoms with Crippen LogP contribution in [0.1, 0.15) is 10.4 Å². The van der Waals surface area contributed by atoms with Gasteiger partial charge in [-0.05, 0) is 18.2 Å². The van der Waals surface area contributed by atoms with Gasteiger partial charge in [0, 0.05) is 24.3 Å². The maximum absolute atomic E-state index is 12.3. The van der Waals surface area contributed by atoms with E-state index in [4.69, 9.17) is 4.74 Å². The van der Waals surface area contributed by atoms with Crippen molar-refractivity contribution in [1.29, 1.82) is 0 Å². The molecule has 0 spiro atoms. The summed E-state index contributed by atoms with van der Waals surface area (Å²) in [7, 11) is 1.34. The third kappa shape index (κ3) is 3.71. The first-order valence-electron chi connectivity index (χ1n) is 6.48. The third-order valence-electron chi connectivity index (χ3n) is 3.07. The summed E-state index contributed by atoms with van der Waals surface area (Å²) in [4.78, 5) is 25.1. The second-order valence-corrected chi connectivity index (χ2v) is 4.42. The first kappa shape index (κ1) is 14.3. The predicted molar refractivity (Wildman–Crippen MR) is 73.7 cm³/mol. The molecule has 1 aromatic carbocycles. The number of ether oxygens (including phenoxy) is 2. The lowest BCUT2D eigenvalue weighted by Gasteiger charge is -2.27. The molecule has 6 heteroatoms. The van der Waals surface area contributed by atoms with Crippen LogP contribution in [0.4, 0.5) is 5.69 Å². The fourth-order valence-electron chi connectivity index (χ4n) is 1.96. The summed E-state index contributed by atoms with van der Waals surface area (Å²) in [6.45, 7) is 2.45. The fourth-order valence-corrected chi connectivity index (χ4v) is 1.96. The van der Waals surface area contributed by atoms with Crippen molar-refractivity contribution in [3.05, 3.63) is 29.8 Å². The molecule has 1 amide bonds. The van der Waals surface area contributed by atoms with Gasteiger partial charge in [-0.25, -0.2) is 0 Å². The topological polar surface area (TPSA) is 67.9 Å². The van der Waals surface area contributed by atoms with Gasteiger partial charge in [-0.2, -0.15) is 0 Å². The van der Waals surface area contributed by atoms with Gasteiger partial charge in [-0.1, -0.05) is 6.07 Å². The van der Waals surface area contributed by atoms with Crippen LogP contribution in [-0.4, -0.2) is 56.7 Å². The standard InChI is InChI=1S/C14H18N2O4/c1-19-13(17)10-15-12-4-2-3-11(9-12)14(18)16-5-7-20-8-6-16/h2-4,9,15H,5-8,10H2,1H3. The Kier molecular flexibility index (Phi) is 4.95. The van der Waals surface area contributed by atoms with Gasteiger partial charge in [0.15, 0.2) is 0 Å². The Balaban J connectivity index is 2.01. The zero-order valence-electron chi connectivity index (χ0n) is 11.4. The molecule has 1 aromatic rings. The van der Waals surface area contributed by atoms with E-state index in [1.807, 2.05) is 0 Å². The molecule has 1 heterocycles. The van der Waals surface area contributed by atoms with Crippen molar-refractivity contribution in [3.63, 3.8) is 0 Å². The van der Waals surface area contributed by atoms with Crippen LogP contribution < -0.4 is 5.32 Å². The molecule has 20 heavy (non-hydrogen) atoms. The quantitative estimate of drug-likeness (QED) is 0.823. The van der Waals surface area contributed by atoms with Crippen LogP contribution in [0.15, 0.2) is 24.3 Å². The number of benzene rings is 1. The molecule has 1 fully saturated rings. The predicted octanol–water partition coefficient (Wildman–Crippen LogP) is 0.744. The number of hydrogen-bond acceptors (Lipinski definition) is 5. The summed E-state index contributed by atoms with van der Waals surface area (Å²) in [6, 6.07) is 7.09. The van der Waals surface area contributed by atoms with Crippen LogP contribution in [0.3, 0.4) is 0 Å². The van der Waals surface area contributed by atoms with E-state index in [9.17, 15) is 9.59 Å². The number of morpholine rings is 1. The minimum atomic E-state index is -0.352. The number of nitrogens with one attached hydrogen (secondary N) is 1. The van der Waals surface area contributed by atoms with Crippen molar-refractivity contribution in [2.75, 3.05) is 45.3 Å². The number of rotatable bonds is 4. The van der Waals surface area contributed by atoms with Gasteiger partial charge in [-0.15, -0.1) is 0 Å². The lowest BCUT2D eigenvalue weighted by atomic mass is 10.1. The van der Waals surface area contributed by atoms with Gasteiger partial charge in [0.2, 0.25) is 0 Å². The highest BCUT2D eigenvalue weighted by Crippen LogP contribution is 2.13. The molecule has 108 valence electrons. The normalized spacial score (nSPS) is 14.8. The number of anilines is 1. The number of carbonyl (C=O) groups is 2. The lowest BCUT2D eigenvalue weighted by molar-refractivity contribution is -0.138. The Bertz CT molecular complexity index is 484. The summed E-state index contributed by atoms with van der Waals surface area (Å²) in [5.41, 5.74) is 1.32. The molecule has 1 aliphatic rings. The van der Waals surface area contributed by atoms with Crippen molar-refractivity contribution in [2.45, 2.75) is 0 Å². The van der Waals surface area contributed by atoms with Crippen molar-refractivity contribution in [3.8, 4) is 0 Å². The Morgan fingerprint density at radius 3 is 2.80 bits per heavy atom. The smallest absolute Gasteiger partial charge is 0.325 e. The molecule has 1 saturated heterocycles. The SMILES string of the molecule is COC(=O)CNc1cccc(C(=O)N2CCOCC2)c1. The largest absolute Gasteiger partial charge is 0.468 e. The molecule has 0 unspecified atom stereocenters. The summed E-state index contributed by atoms with van der Waals surface area (Å²) in [5, 5.41) is 2.92. The molecule has 0 aliphatic carbocycles. The number of nitrogens with zero attached hydrogens (tertiary/aromatic N) is 1. The van der Waals surface area contributed by atoms with E-state index in [1.54, 1.807) is 29.2 Å². The number of carbonyl (C=O) groups excluding carboxylic acids is 2. The van der Waals surface area contributed by atoms with E-state index < -0.39 is 0 Å². The highest BCUT2D eigenvalue weighted by Gasteiger charge is 2.18. The minimum absolute atomic E-state index is 0.0185. The number of methoxy groups -OCH3 is 1. The van der Waals surface area contributed by atoms with Crippen LogP contribution >= 0.6 is 0 Å². The Morgan fingerprint density at radius 1 is 1.35 bits per heavy atom. The molecular weight excluding hydrogens is 260 g/mol. The van der Waals surface area contributed by atoms with Gasteiger partial charge in [0.05, 0.1) is 20.3 Å². The van der Waals surface area contributed by atoms with E-state index in [2.05, 4.69) is 10.1 Å². The Labute approximate surface area is 117 Å². The van der Waals surface area contributed by atoms with Gasteiger partial charge < -0.3 is 19.7 Å². The van der Waals surface area contributed by atoms with Crippen LogP contribution in [0.25, 0.3) is 0 Å². The van der Waals surface area contributed by atoms with Crippen molar-refractivity contribution >= 4 is 17.6 Å². The van der Waals surface area contributed by atoms with Gasteiger partial charge in [0.25, 0.3) is 5.91 Å². The average molecular weight is 278 g/mol. The Hall–Kier alpha value is -2.08. The second-order valence-electron chi connectivity index (χ2n) is 4.42. The van der Waals surface area contributed by atoms with Crippen molar-refractivity contribution < 1.29 is 19.1 Å². The molecule has 6 nitrogen and oxygen atoms in total. The van der Waals surface area contributed by atoms with Crippen LogP contribution in [0, 0.1) is 0 Å². The molecule has 0 bridgehead atoms. The summed E-state index contributed by atoms with van der Waals surface area (Å²) in [6.07, 6.45) is 0. The van der Waals surface area contributed by atoms with Gasteiger partial charge >= 0.3 is 5.97 Å². The van der Waals surface area contributed by atoms with Gasteiger partial charge in [-0.3, -0.25) is 9.59 Å².